The van der Waals surface area contributed by atoms with Crippen LogP contribution in [0.3, 0.4) is 0 Å². The second kappa shape index (κ2) is 6.07. The van der Waals surface area contributed by atoms with Crippen molar-refractivity contribution in [3.05, 3.63) is 48.3 Å². The van der Waals surface area contributed by atoms with Crippen LogP contribution in [0.2, 0.25) is 0 Å². The SMILES string of the molecule is Cc1ccc(-n2cc3cnc(N4CC(S(=O)(=O)N(C)C)C4)cc3n2)cc1. The average molecular weight is 371 g/mol. The van der Waals surface area contributed by atoms with Crippen LogP contribution in [0, 0.1) is 6.92 Å². The van der Waals surface area contributed by atoms with Gasteiger partial charge in [-0.25, -0.2) is 22.4 Å². The van der Waals surface area contributed by atoms with Crippen LogP contribution in [0.15, 0.2) is 42.7 Å². The van der Waals surface area contributed by atoms with E-state index in [0.717, 1.165) is 22.4 Å². The van der Waals surface area contributed by atoms with E-state index in [0.29, 0.717) is 13.1 Å². The van der Waals surface area contributed by atoms with Gasteiger partial charge in [0.15, 0.2) is 0 Å². The standard InChI is InChI=1S/C18H21N5O2S/c1-13-4-6-15(7-5-13)23-10-14-9-19-18(8-17(14)20-23)22-11-16(12-22)26(24,25)21(2)3/h4-10,16H,11-12H2,1-3H3. The van der Waals surface area contributed by atoms with E-state index in [1.807, 2.05) is 34.0 Å². The number of pyridine rings is 1. The van der Waals surface area contributed by atoms with Crippen molar-refractivity contribution in [3.63, 3.8) is 0 Å². The maximum absolute atomic E-state index is 12.1. The number of sulfonamides is 1. The highest BCUT2D eigenvalue weighted by Crippen LogP contribution is 2.26. The van der Waals surface area contributed by atoms with Gasteiger partial charge in [0.05, 0.1) is 11.2 Å². The Balaban J connectivity index is 1.57. The van der Waals surface area contributed by atoms with Gasteiger partial charge in [-0.3, -0.25) is 0 Å². The fourth-order valence-electron chi connectivity index (χ4n) is 3.02. The first-order chi connectivity index (χ1) is 12.3. The summed E-state index contributed by atoms with van der Waals surface area (Å²) in [6.45, 7) is 2.96. The Bertz CT molecular complexity index is 1050. The summed E-state index contributed by atoms with van der Waals surface area (Å²) in [5.41, 5.74) is 3.04. The summed E-state index contributed by atoms with van der Waals surface area (Å²) in [5.74, 6) is 0.761. The molecule has 0 N–H and O–H groups in total. The van der Waals surface area contributed by atoms with Crippen molar-refractivity contribution in [1.82, 2.24) is 19.1 Å². The monoisotopic (exact) mass is 371 g/mol. The highest BCUT2D eigenvalue weighted by molar-refractivity contribution is 7.89. The summed E-state index contributed by atoms with van der Waals surface area (Å²) in [6, 6.07) is 10.1. The molecule has 1 saturated heterocycles. The predicted octanol–water partition coefficient (Wildman–Crippen LogP) is 1.81. The maximum atomic E-state index is 12.1. The van der Waals surface area contributed by atoms with Crippen molar-refractivity contribution in [1.29, 1.82) is 0 Å². The molecule has 0 unspecified atom stereocenters. The van der Waals surface area contributed by atoms with E-state index in [9.17, 15) is 8.42 Å². The van der Waals surface area contributed by atoms with Crippen LogP contribution in [0.25, 0.3) is 16.6 Å². The zero-order valence-electron chi connectivity index (χ0n) is 15.0. The minimum atomic E-state index is -3.21. The molecular weight excluding hydrogens is 350 g/mol. The quantitative estimate of drug-likeness (QED) is 0.699. The number of rotatable bonds is 4. The Morgan fingerprint density at radius 2 is 1.85 bits per heavy atom. The molecule has 0 aliphatic carbocycles. The lowest BCUT2D eigenvalue weighted by Gasteiger charge is -2.40. The van der Waals surface area contributed by atoms with E-state index >= 15 is 0 Å². The number of fused-ring (bicyclic) bond motifs is 1. The number of aryl methyl sites for hydroxylation is 1. The fourth-order valence-corrected chi connectivity index (χ4v) is 4.35. The number of hydrogen-bond donors (Lipinski definition) is 0. The van der Waals surface area contributed by atoms with E-state index in [4.69, 9.17) is 0 Å². The second-order valence-corrected chi connectivity index (χ2v) is 9.29. The lowest BCUT2D eigenvalue weighted by molar-refractivity contribution is 0.479. The van der Waals surface area contributed by atoms with Gasteiger partial charge >= 0.3 is 0 Å². The molecule has 26 heavy (non-hydrogen) atoms. The van der Waals surface area contributed by atoms with E-state index in [1.165, 1.54) is 9.87 Å². The smallest absolute Gasteiger partial charge is 0.219 e. The van der Waals surface area contributed by atoms with Crippen LogP contribution in [-0.4, -0.2) is 59.9 Å². The van der Waals surface area contributed by atoms with E-state index in [2.05, 4.69) is 29.1 Å². The van der Waals surface area contributed by atoms with Crippen LogP contribution >= 0.6 is 0 Å². The number of anilines is 1. The Morgan fingerprint density at radius 1 is 1.15 bits per heavy atom. The molecular formula is C18H21N5O2S. The van der Waals surface area contributed by atoms with Crippen molar-refractivity contribution in [2.75, 3.05) is 32.1 Å². The predicted molar refractivity (Wildman–Crippen MR) is 102 cm³/mol. The van der Waals surface area contributed by atoms with Crippen LogP contribution in [0.4, 0.5) is 5.82 Å². The number of aromatic nitrogens is 3. The van der Waals surface area contributed by atoms with Gasteiger partial charge in [0.25, 0.3) is 0 Å². The molecule has 3 heterocycles. The molecule has 0 spiro atoms. The molecule has 0 bridgehead atoms. The Labute approximate surface area is 152 Å². The van der Waals surface area contributed by atoms with Crippen molar-refractivity contribution >= 4 is 26.7 Å². The van der Waals surface area contributed by atoms with Gasteiger partial charge in [0, 0.05) is 51.0 Å². The van der Waals surface area contributed by atoms with Gasteiger partial charge in [-0.1, -0.05) is 17.7 Å². The van der Waals surface area contributed by atoms with Gasteiger partial charge < -0.3 is 4.90 Å². The molecule has 0 amide bonds. The van der Waals surface area contributed by atoms with Crippen molar-refractivity contribution in [3.8, 4) is 5.69 Å². The van der Waals surface area contributed by atoms with Gasteiger partial charge in [-0.15, -0.1) is 0 Å². The summed E-state index contributed by atoms with van der Waals surface area (Å²) in [4.78, 5) is 6.44. The Morgan fingerprint density at radius 3 is 2.50 bits per heavy atom. The minimum absolute atomic E-state index is 0.375. The first kappa shape index (κ1) is 17.0. The van der Waals surface area contributed by atoms with Crippen molar-refractivity contribution in [2.45, 2.75) is 12.2 Å². The summed E-state index contributed by atoms with van der Waals surface area (Å²) in [5, 5.41) is 5.21. The fraction of sp³-hybridized carbons (Fsp3) is 0.333. The molecule has 8 heteroatoms. The van der Waals surface area contributed by atoms with Crippen LogP contribution < -0.4 is 4.90 Å². The molecule has 136 valence electrons. The Kier molecular flexibility index (Phi) is 3.96. The summed E-state index contributed by atoms with van der Waals surface area (Å²) in [6.07, 6.45) is 3.74. The number of hydrogen-bond acceptors (Lipinski definition) is 5. The second-order valence-electron chi connectivity index (χ2n) is 6.86. The zero-order chi connectivity index (χ0) is 18.5. The molecule has 1 aliphatic heterocycles. The van der Waals surface area contributed by atoms with Gasteiger partial charge in [0.1, 0.15) is 11.1 Å². The summed E-state index contributed by atoms with van der Waals surface area (Å²) >= 11 is 0. The number of benzene rings is 1. The molecule has 1 aromatic carbocycles. The summed E-state index contributed by atoms with van der Waals surface area (Å²) < 4.78 is 27.4. The largest absolute Gasteiger partial charge is 0.354 e. The van der Waals surface area contributed by atoms with Crippen LogP contribution in [0.5, 0.6) is 0 Å². The highest BCUT2D eigenvalue weighted by Gasteiger charge is 2.39. The maximum Gasteiger partial charge on any atom is 0.219 e. The lowest BCUT2D eigenvalue weighted by Crippen LogP contribution is -2.57. The van der Waals surface area contributed by atoms with E-state index in [1.54, 1.807) is 20.3 Å². The molecule has 7 nitrogen and oxygen atoms in total. The average Bonchev–Trinajstić information content (AvgIpc) is 2.97. The first-order valence-corrected chi connectivity index (χ1v) is 9.94. The molecule has 1 aliphatic rings. The molecule has 0 atom stereocenters. The van der Waals surface area contributed by atoms with E-state index in [-0.39, 0.29) is 5.25 Å². The Hall–Kier alpha value is -2.45. The molecule has 2 aromatic heterocycles. The van der Waals surface area contributed by atoms with Gasteiger partial charge in [-0.05, 0) is 19.1 Å². The van der Waals surface area contributed by atoms with Gasteiger partial charge in [-0.2, -0.15) is 5.10 Å². The van der Waals surface area contributed by atoms with E-state index < -0.39 is 10.0 Å². The third-order valence-electron chi connectivity index (χ3n) is 4.78. The van der Waals surface area contributed by atoms with Crippen LogP contribution in [-0.2, 0) is 10.0 Å². The molecule has 3 aromatic rings. The number of nitrogens with zero attached hydrogens (tertiary/aromatic N) is 5. The molecule has 0 radical (unpaired) electrons. The van der Waals surface area contributed by atoms with Crippen molar-refractivity contribution in [2.24, 2.45) is 0 Å². The summed E-state index contributed by atoms with van der Waals surface area (Å²) in [7, 11) is -0.0760. The zero-order valence-corrected chi connectivity index (χ0v) is 15.8. The third kappa shape index (κ3) is 2.85. The minimum Gasteiger partial charge on any atom is -0.354 e. The lowest BCUT2D eigenvalue weighted by atomic mass is 10.2. The molecule has 1 fully saturated rings. The topological polar surface area (TPSA) is 71.3 Å². The van der Waals surface area contributed by atoms with Crippen molar-refractivity contribution < 1.29 is 8.42 Å². The highest BCUT2D eigenvalue weighted by atomic mass is 32.2. The van der Waals surface area contributed by atoms with Crippen LogP contribution in [0.1, 0.15) is 5.56 Å². The third-order valence-corrected chi connectivity index (χ3v) is 6.93. The first-order valence-electron chi connectivity index (χ1n) is 8.43. The molecule has 4 rings (SSSR count). The molecule has 0 saturated carbocycles. The van der Waals surface area contributed by atoms with Gasteiger partial charge in [0.2, 0.25) is 10.0 Å². The normalized spacial score (nSPS) is 15.6.